The van der Waals surface area contributed by atoms with E-state index in [2.05, 4.69) is 4.98 Å². The number of halogens is 1. The Hall–Kier alpha value is -1.85. The van der Waals surface area contributed by atoms with Gasteiger partial charge in [-0.05, 0) is 43.7 Å². The second kappa shape index (κ2) is 4.61. The second-order valence-corrected chi connectivity index (χ2v) is 6.19. The van der Waals surface area contributed by atoms with Crippen molar-refractivity contribution in [2.24, 2.45) is 0 Å². The summed E-state index contributed by atoms with van der Waals surface area (Å²) in [6, 6.07) is 6.95. The summed E-state index contributed by atoms with van der Waals surface area (Å²) >= 11 is 7.36. The van der Waals surface area contributed by atoms with Crippen LogP contribution in [0.15, 0.2) is 29.1 Å². The topological polar surface area (TPSA) is 60.9 Å². The maximum atomic E-state index is 12.2. The number of nitrogens with two attached hydrogens (primary N) is 1. The van der Waals surface area contributed by atoms with Crippen LogP contribution in [0.25, 0.3) is 15.9 Å². The predicted molar refractivity (Wildman–Crippen MR) is 84.1 cm³/mol. The number of rotatable bonds is 1. The molecule has 6 heteroatoms. The van der Waals surface area contributed by atoms with Crippen molar-refractivity contribution >= 4 is 39.0 Å². The average molecular weight is 306 g/mol. The largest absolute Gasteiger partial charge is 0.384 e. The Kier molecular flexibility index (Phi) is 3.03. The number of anilines is 1. The van der Waals surface area contributed by atoms with E-state index >= 15 is 0 Å². The summed E-state index contributed by atoms with van der Waals surface area (Å²) < 4.78 is 1.41. The van der Waals surface area contributed by atoms with Gasteiger partial charge < -0.3 is 5.73 Å². The molecule has 3 aromatic rings. The molecule has 4 nitrogen and oxygen atoms in total. The zero-order chi connectivity index (χ0) is 14.4. The van der Waals surface area contributed by atoms with Crippen LogP contribution in [0.3, 0.4) is 0 Å². The molecule has 20 heavy (non-hydrogen) atoms. The Labute approximate surface area is 124 Å². The lowest BCUT2D eigenvalue weighted by molar-refractivity contribution is 0.953. The number of aromatic nitrogens is 2. The molecule has 0 aliphatic carbocycles. The van der Waals surface area contributed by atoms with Crippen LogP contribution in [0.2, 0.25) is 5.02 Å². The molecule has 2 aromatic heterocycles. The third-order valence-electron chi connectivity index (χ3n) is 3.34. The number of hydrogen-bond donors (Lipinski definition) is 1. The van der Waals surface area contributed by atoms with Crippen LogP contribution in [-0.2, 0) is 0 Å². The van der Waals surface area contributed by atoms with Crippen molar-refractivity contribution in [1.82, 2.24) is 9.55 Å². The fraction of sp³-hybridized carbons (Fsp3) is 0.143. The number of benzene rings is 1. The quantitative estimate of drug-likeness (QED) is 0.750. The normalized spacial score (nSPS) is 11.2. The van der Waals surface area contributed by atoms with E-state index in [0.717, 1.165) is 15.8 Å². The van der Waals surface area contributed by atoms with E-state index < -0.39 is 0 Å². The molecule has 0 atom stereocenters. The van der Waals surface area contributed by atoms with Gasteiger partial charge in [-0.2, -0.15) is 4.98 Å². The Morgan fingerprint density at radius 2 is 1.90 bits per heavy atom. The first kappa shape index (κ1) is 13.1. The molecule has 0 aliphatic rings. The van der Waals surface area contributed by atoms with Crippen LogP contribution in [0.4, 0.5) is 5.82 Å². The van der Waals surface area contributed by atoms with Crippen LogP contribution in [0, 0.1) is 13.8 Å². The SMILES string of the molecule is Cc1sc2nc(=O)n(-c3ccc(Cl)cc3)c(N)c2c1C. The first-order chi connectivity index (χ1) is 9.49. The van der Waals surface area contributed by atoms with Gasteiger partial charge in [-0.15, -0.1) is 11.3 Å². The predicted octanol–water partition coefficient (Wildman–Crippen LogP) is 3.30. The van der Waals surface area contributed by atoms with Gasteiger partial charge in [0, 0.05) is 9.90 Å². The van der Waals surface area contributed by atoms with Gasteiger partial charge in [-0.25, -0.2) is 9.36 Å². The maximum absolute atomic E-state index is 12.2. The Balaban J connectivity index is 2.39. The van der Waals surface area contributed by atoms with E-state index in [1.54, 1.807) is 24.3 Å². The summed E-state index contributed by atoms with van der Waals surface area (Å²) in [5, 5.41) is 1.46. The Morgan fingerprint density at radius 1 is 1.25 bits per heavy atom. The van der Waals surface area contributed by atoms with Gasteiger partial charge in [0.1, 0.15) is 10.6 Å². The molecule has 102 valence electrons. The fourth-order valence-corrected chi connectivity index (χ4v) is 3.34. The lowest BCUT2D eigenvalue weighted by Gasteiger charge is -2.10. The molecule has 0 fully saturated rings. The molecule has 0 unspecified atom stereocenters. The highest BCUT2D eigenvalue weighted by atomic mass is 35.5. The first-order valence-corrected chi connectivity index (χ1v) is 7.22. The Bertz CT molecular complexity index is 865. The van der Waals surface area contributed by atoms with Crippen LogP contribution in [0.1, 0.15) is 10.4 Å². The third kappa shape index (κ3) is 1.90. The van der Waals surface area contributed by atoms with Crippen molar-refractivity contribution in [2.45, 2.75) is 13.8 Å². The monoisotopic (exact) mass is 305 g/mol. The highest BCUT2D eigenvalue weighted by Gasteiger charge is 2.15. The van der Waals surface area contributed by atoms with Crippen LogP contribution < -0.4 is 11.4 Å². The molecule has 0 spiro atoms. The van der Waals surface area contributed by atoms with Gasteiger partial charge in [0.25, 0.3) is 0 Å². The average Bonchev–Trinajstić information content (AvgIpc) is 2.67. The zero-order valence-electron chi connectivity index (χ0n) is 11.0. The van der Waals surface area contributed by atoms with Crippen molar-refractivity contribution in [3.8, 4) is 5.69 Å². The zero-order valence-corrected chi connectivity index (χ0v) is 12.5. The number of nitrogen functional groups attached to an aromatic ring is 1. The molecular formula is C14H12ClN3OS. The molecule has 1 aromatic carbocycles. The van der Waals surface area contributed by atoms with Crippen molar-refractivity contribution in [3.05, 3.63) is 50.2 Å². The lowest BCUT2D eigenvalue weighted by Crippen LogP contribution is -2.23. The van der Waals surface area contributed by atoms with E-state index in [0.29, 0.717) is 21.4 Å². The van der Waals surface area contributed by atoms with Crippen molar-refractivity contribution in [1.29, 1.82) is 0 Å². The number of fused-ring (bicyclic) bond motifs is 1. The first-order valence-electron chi connectivity index (χ1n) is 6.03. The Morgan fingerprint density at radius 3 is 2.55 bits per heavy atom. The van der Waals surface area contributed by atoms with Crippen LogP contribution in [0.5, 0.6) is 0 Å². The van der Waals surface area contributed by atoms with E-state index in [9.17, 15) is 4.79 Å². The summed E-state index contributed by atoms with van der Waals surface area (Å²) in [6.45, 7) is 3.99. The molecule has 0 bridgehead atoms. The van der Waals surface area contributed by atoms with Gasteiger partial charge in [0.2, 0.25) is 0 Å². The number of aryl methyl sites for hydroxylation is 2. The molecule has 3 rings (SSSR count). The summed E-state index contributed by atoms with van der Waals surface area (Å²) in [7, 11) is 0. The number of thiophene rings is 1. The van der Waals surface area contributed by atoms with Crippen molar-refractivity contribution in [3.63, 3.8) is 0 Å². The summed E-state index contributed by atoms with van der Waals surface area (Å²) in [5.74, 6) is 0.421. The van der Waals surface area contributed by atoms with E-state index in [4.69, 9.17) is 17.3 Å². The third-order valence-corrected chi connectivity index (χ3v) is 4.69. The summed E-state index contributed by atoms with van der Waals surface area (Å²) in [5.41, 5.74) is 7.55. The lowest BCUT2D eigenvalue weighted by atomic mass is 10.2. The number of hydrogen-bond acceptors (Lipinski definition) is 4. The summed E-state index contributed by atoms with van der Waals surface area (Å²) in [6.07, 6.45) is 0. The molecule has 0 amide bonds. The van der Waals surface area contributed by atoms with E-state index in [1.165, 1.54) is 15.9 Å². The van der Waals surface area contributed by atoms with Crippen LogP contribution in [-0.4, -0.2) is 9.55 Å². The maximum Gasteiger partial charge on any atom is 0.355 e. The highest BCUT2D eigenvalue weighted by molar-refractivity contribution is 7.18. The number of nitrogens with zero attached hydrogens (tertiary/aromatic N) is 2. The van der Waals surface area contributed by atoms with E-state index in [-0.39, 0.29) is 5.69 Å². The molecule has 0 saturated heterocycles. The van der Waals surface area contributed by atoms with Gasteiger partial charge in [-0.3, -0.25) is 0 Å². The fourth-order valence-electron chi connectivity index (χ4n) is 2.18. The molecule has 0 saturated carbocycles. The van der Waals surface area contributed by atoms with Gasteiger partial charge >= 0.3 is 5.69 Å². The second-order valence-electron chi connectivity index (χ2n) is 4.55. The summed E-state index contributed by atoms with van der Waals surface area (Å²) in [4.78, 5) is 18.1. The molecular weight excluding hydrogens is 294 g/mol. The highest BCUT2D eigenvalue weighted by Crippen LogP contribution is 2.32. The van der Waals surface area contributed by atoms with Gasteiger partial charge in [0.15, 0.2) is 0 Å². The molecule has 0 aliphatic heterocycles. The van der Waals surface area contributed by atoms with Crippen LogP contribution >= 0.6 is 22.9 Å². The molecule has 2 N–H and O–H groups in total. The minimum Gasteiger partial charge on any atom is -0.384 e. The van der Waals surface area contributed by atoms with Crippen molar-refractivity contribution < 1.29 is 0 Å². The molecule has 2 heterocycles. The van der Waals surface area contributed by atoms with Gasteiger partial charge in [-0.1, -0.05) is 11.6 Å². The minimum absolute atomic E-state index is 0.376. The molecule has 0 radical (unpaired) electrons. The van der Waals surface area contributed by atoms with Crippen molar-refractivity contribution in [2.75, 3.05) is 5.73 Å². The standard InChI is InChI=1S/C14H12ClN3OS/c1-7-8(2)20-13-11(7)12(16)18(14(19)17-13)10-5-3-9(15)4-6-10/h3-6H,16H2,1-2H3. The van der Waals surface area contributed by atoms with E-state index in [1.807, 2.05) is 13.8 Å². The van der Waals surface area contributed by atoms with Gasteiger partial charge in [0.05, 0.1) is 11.1 Å². The smallest absolute Gasteiger partial charge is 0.355 e. The minimum atomic E-state index is -0.376.